The minimum absolute atomic E-state index is 0.0139. The molecule has 0 radical (unpaired) electrons. The number of rotatable bonds is 4. The van der Waals surface area contributed by atoms with Crippen molar-refractivity contribution in [3.63, 3.8) is 0 Å². The van der Waals surface area contributed by atoms with Crippen molar-refractivity contribution in [1.29, 1.82) is 0 Å². The van der Waals surface area contributed by atoms with E-state index in [2.05, 4.69) is 5.10 Å². The Morgan fingerprint density at radius 3 is 2.67 bits per heavy atom. The molecule has 1 aliphatic rings. The van der Waals surface area contributed by atoms with Crippen LogP contribution in [0.25, 0.3) is 0 Å². The van der Waals surface area contributed by atoms with Gasteiger partial charge in [0.15, 0.2) is 12.4 Å². The zero-order valence-electron chi connectivity index (χ0n) is 13.5. The molecule has 1 saturated heterocycles. The minimum atomic E-state index is -0.883. The smallest absolute Gasteiger partial charge is 0.260 e. The average molecular weight is 295 g/mol. The lowest BCUT2D eigenvalue weighted by molar-refractivity contribution is -0.138. The van der Waals surface area contributed by atoms with Crippen LogP contribution < -0.4 is 4.74 Å². The summed E-state index contributed by atoms with van der Waals surface area (Å²) >= 11 is 0. The number of carbonyl (C=O) groups excluding carboxylic acids is 1. The van der Waals surface area contributed by atoms with Crippen LogP contribution in [-0.4, -0.2) is 50.5 Å². The molecule has 1 N–H and O–H groups in total. The molecule has 0 aromatic carbocycles. The van der Waals surface area contributed by atoms with Gasteiger partial charge in [-0.2, -0.15) is 5.10 Å². The van der Waals surface area contributed by atoms with Crippen molar-refractivity contribution in [2.24, 2.45) is 7.05 Å². The molecule has 1 amide bonds. The van der Waals surface area contributed by atoms with Gasteiger partial charge in [0, 0.05) is 13.6 Å². The van der Waals surface area contributed by atoms with Gasteiger partial charge in [-0.25, -0.2) is 0 Å². The largest absolute Gasteiger partial charge is 0.480 e. The number of aromatic nitrogens is 2. The van der Waals surface area contributed by atoms with Crippen molar-refractivity contribution >= 4 is 5.91 Å². The van der Waals surface area contributed by atoms with Gasteiger partial charge in [0.05, 0.1) is 17.3 Å². The molecule has 0 bridgehead atoms. The zero-order valence-corrected chi connectivity index (χ0v) is 13.5. The van der Waals surface area contributed by atoms with Gasteiger partial charge in [0.25, 0.3) is 5.91 Å². The van der Waals surface area contributed by atoms with Crippen LogP contribution in [0, 0.1) is 13.8 Å². The molecule has 0 aliphatic carbocycles. The Bertz CT molecular complexity index is 531. The maximum Gasteiger partial charge on any atom is 0.260 e. The molecular weight excluding hydrogens is 270 g/mol. The molecule has 1 aromatic rings. The molecule has 2 rings (SSSR count). The third-order valence-electron chi connectivity index (χ3n) is 4.17. The Kier molecular flexibility index (Phi) is 4.27. The van der Waals surface area contributed by atoms with Crippen molar-refractivity contribution in [3.8, 4) is 5.75 Å². The number of hydrogen-bond donors (Lipinski definition) is 1. The van der Waals surface area contributed by atoms with Gasteiger partial charge in [0.1, 0.15) is 5.69 Å². The standard InChI is InChI=1S/C15H25N3O3/c1-10-14(11(2)17(5)16-10)21-9-13(19)18-8-6-7-12(18)15(3,4)20/h12,20H,6-9H2,1-5H3. The third-order valence-corrected chi connectivity index (χ3v) is 4.17. The van der Waals surface area contributed by atoms with E-state index < -0.39 is 5.60 Å². The Labute approximate surface area is 125 Å². The lowest BCUT2D eigenvalue weighted by atomic mass is 9.97. The molecule has 1 aliphatic heterocycles. The summed E-state index contributed by atoms with van der Waals surface area (Å²) in [6, 6.07) is -0.135. The van der Waals surface area contributed by atoms with Crippen LogP contribution in [-0.2, 0) is 11.8 Å². The van der Waals surface area contributed by atoms with Crippen molar-refractivity contribution in [3.05, 3.63) is 11.4 Å². The second kappa shape index (κ2) is 5.67. The first-order valence-electron chi connectivity index (χ1n) is 7.36. The van der Waals surface area contributed by atoms with Gasteiger partial charge in [-0.3, -0.25) is 9.48 Å². The minimum Gasteiger partial charge on any atom is -0.480 e. The zero-order chi connectivity index (χ0) is 15.8. The molecular formula is C15H25N3O3. The third kappa shape index (κ3) is 3.20. The first-order chi connectivity index (χ1) is 9.71. The highest BCUT2D eigenvalue weighted by Crippen LogP contribution is 2.27. The van der Waals surface area contributed by atoms with E-state index in [-0.39, 0.29) is 18.6 Å². The quantitative estimate of drug-likeness (QED) is 0.905. The molecule has 1 atom stereocenters. The van der Waals surface area contributed by atoms with Crippen molar-refractivity contribution in [1.82, 2.24) is 14.7 Å². The van der Waals surface area contributed by atoms with Crippen LogP contribution in [0.3, 0.4) is 0 Å². The van der Waals surface area contributed by atoms with Crippen LogP contribution in [0.15, 0.2) is 0 Å². The number of hydrogen-bond acceptors (Lipinski definition) is 4. The highest BCUT2D eigenvalue weighted by Gasteiger charge is 2.38. The van der Waals surface area contributed by atoms with E-state index in [9.17, 15) is 9.90 Å². The Morgan fingerprint density at radius 2 is 2.14 bits per heavy atom. The Morgan fingerprint density at radius 1 is 1.48 bits per heavy atom. The molecule has 118 valence electrons. The Hall–Kier alpha value is -1.56. The molecule has 0 spiro atoms. The van der Waals surface area contributed by atoms with E-state index in [1.807, 2.05) is 20.9 Å². The van der Waals surface area contributed by atoms with E-state index in [0.29, 0.717) is 12.3 Å². The molecule has 1 unspecified atom stereocenters. The SMILES string of the molecule is Cc1nn(C)c(C)c1OCC(=O)N1CCCC1C(C)(C)O. The predicted octanol–water partition coefficient (Wildman–Crippen LogP) is 1.18. The van der Waals surface area contributed by atoms with Crippen LogP contribution in [0.1, 0.15) is 38.1 Å². The lowest BCUT2D eigenvalue weighted by Crippen LogP contribution is -2.49. The van der Waals surface area contributed by atoms with Crippen LogP contribution in [0.5, 0.6) is 5.75 Å². The summed E-state index contributed by atoms with van der Waals surface area (Å²) in [6.45, 7) is 7.94. The Balaban J connectivity index is 2.02. The second-order valence-electron chi connectivity index (χ2n) is 6.31. The lowest BCUT2D eigenvalue weighted by Gasteiger charge is -2.33. The predicted molar refractivity (Wildman–Crippen MR) is 79.2 cm³/mol. The van der Waals surface area contributed by atoms with Gasteiger partial charge in [0.2, 0.25) is 0 Å². The number of nitrogens with zero attached hydrogens (tertiary/aromatic N) is 3. The summed E-state index contributed by atoms with van der Waals surface area (Å²) in [6.07, 6.45) is 1.76. The molecule has 1 fully saturated rings. The molecule has 6 heteroatoms. The van der Waals surface area contributed by atoms with Crippen molar-refractivity contribution < 1.29 is 14.6 Å². The second-order valence-corrected chi connectivity index (χ2v) is 6.31. The fraction of sp³-hybridized carbons (Fsp3) is 0.733. The fourth-order valence-electron chi connectivity index (χ4n) is 2.98. The van der Waals surface area contributed by atoms with Gasteiger partial charge >= 0.3 is 0 Å². The maximum absolute atomic E-state index is 12.4. The number of amides is 1. The number of likely N-dealkylation sites (tertiary alicyclic amines) is 1. The van der Waals surface area contributed by atoms with Crippen LogP contribution in [0.2, 0.25) is 0 Å². The van der Waals surface area contributed by atoms with Gasteiger partial charge in [-0.05, 0) is 40.5 Å². The topological polar surface area (TPSA) is 67.6 Å². The number of carbonyl (C=O) groups is 1. The summed E-state index contributed by atoms with van der Waals surface area (Å²) in [5.41, 5.74) is 0.802. The van der Waals surface area contributed by atoms with Gasteiger partial charge < -0.3 is 14.7 Å². The van der Waals surface area contributed by atoms with Crippen molar-refractivity contribution in [2.45, 2.75) is 52.2 Å². The fourth-order valence-corrected chi connectivity index (χ4v) is 2.98. The molecule has 6 nitrogen and oxygen atoms in total. The van der Waals surface area contributed by atoms with Gasteiger partial charge in [-0.15, -0.1) is 0 Å². The van der Waals surface area contributed by atoms with E-state index in [4.69, 9.17) is 4.74 Å². The van der Waals surface area contributed by atoms with Gasteiger partial charge in [-0.1, -0.05) is 0 Å². The maximum atomic E-state index is 12.4. The number of ether oxygens (including phenoxy) is 1. The van der Waals surface area contributed by atoms with Crippen molar-refractivity contribution in [2.75, 3.05) is 13.2 Å². The van der Waals surface area contributed by atoms with E-state index in [1.54, 1.807) is 23.4 Å². The summed E-state index contributed by atoms with van der Waals surface area (Å²) in [5, 5.41) is 14.4. The number of aryl methyl sites for hydroxylation is 2. The highest BCUT2D eigenvalue weighted by atomic mass is 16.5. The first-order valence-corrected chi connectivity index (χ1v) is 7.36. The van der Waals surface area contributed by atoms with E-state index >= 15 is 0 Å². The molecule has 21 heavy (non-hydrogen) atoms. The summed E-state index contributed by atoms with van der Waals surface area (Å²) < 4.78 is 7.41. The van der Waals surface area contributed by atoms with Crippen LogP contribution >= 0.6 is 0 Å². The molecule has 0 saturated carbocycles. The first kappa shape index (κ1) is 15.8. The molecule has 2 heterocycles. The van der Waals surface area contributed by atoms with E-state index in [0.717, 1.165) is 24.2 Å². The molecule has 1 aromatic heterocycles. The van der Waals surface area contributed by atoms with Crippen LogP contribution in [0.4, 0.5) is 0 Å². The summed E-state index contributed by atoms with van der Waals surface area (Å²) in [7, 11) is 1.85. The summed E-state index contributed by atoms with van der Waals surface area (Å²) in [5.74, 6) is 0.590. The number of aliphatic hydroxyl groups is 1. The highest BCUT2D eigenvalue weighted by molar-refractivity contribution is 5.78. The monoisotopic (exact) mass is 295 g/mol. The average Bonchev–Trinajstić information content (AvgIpc) is 2.94. The van der Waals surface area contributed by atoms with E-state index in [1.165, 1.54) is 0 Å². The summed E-state index contributed by atoms with van der Waals surface area (Å²) in [4.78, 5) is 14.1. The normalized spacial score (nSPS) is 19.1.